The lowest BCUT2D eigenvalue weighted by Crippen LogP contribution is -2.40. The largest absolute Gasteiger partial charge is 0.348 e. The van der Waals surface area contributed by atoms with Gasteiger partial charge in [0.05, 0.1) is 0 Å². The molecule has 2 rings (SSSR count). The number of rotatable bonds is 6. The van der Waals surface area contributed by atoms with Crippen molar-refractivity contribution < 1.29 is 9.59 Å². The minimum Gasteiger partial charge on any atom is -0.348 e. The fourth-order valence-corrected chi connectivity index (χ4v) is 1.98. The number of aromatic nitrogens is 1. The molecule has 2 N–H and O–H groups in total. The van der Waals surface area contributed by atoms with E-state index in [1.807, 2.05) is 30.3 Å². The highest BCUT2D eigenvalue weighted by Crippen LogP contribution is 2.01. The number of carbonyl (C=O) groups excluding carboxylic acids is 2. The first-order valence-corrected chi connectivity index (χ1v) is 7.24. The van der Waals surface area contributed by atoms with Gasteiger partial charge in [-0.3, -0.25) is 14.6 Å². The summed E-state index contributed by atoms with van der Waals surface area (Å²) >= 11 is 0. The molecule has 1 aromatic carbocycles. The lowest BCUT2D eigenvalue weighted by atomic mass is 10.1. The molecule has 2 aromatic rings. The van der Waals surface area contributed by atoms with Gasteiger partial charge in [0.25, 0.3) is 0 Å². The maximum Gasteiger partial charge on any atom is 0.309 e. The van der Waals surface area contributed by atoms with E-state index in [2.05, 4.69) is 15.6 Å². The van der Waals surface area contributed by atoms with E-state index in [1.165, 1.54) is 5.56 Å². The molecule has 22 heavy (non-hydrogen) atoms. The van der Waals surface area contributed by atoms with Gasteiger partial charge in [0.1, 0.15) is 0 Å². The molecule has 0 aliphatic heterocycles. The van der Waals surface area contributed by atoms with Crippen molar-refractivity contribution in [2.24, 2.45) is 0 Å². The zero-order valence-electron chi connectivity index (χ0n) is 12.3. The van der Waals surface area contributed by atoms with E-state index in [0.717, 1.165) is 18.4 Å². The van der Waals surface area contributed by atoms with Crippen LogP contribution in [0.3, 0.4) is 0 Å². The lowest BCUT2D eigenvalue weighted by Gasteiger charge is -2.06. The van der Waals surface area contributed by atoms with Crippen molar-refractivity contribution in [1.82, 2.24) is 15.6 Å². The highest BCUT2D eigenvalue weighted by Gasteiger charge is 2.11. The summed E-state index contributed by atoms with van der Waals surface area (Å²) in [6.45, 7) is 0.801. The van der Waals surface area contributed by atoms with Gasteiger partial charge in [-0.1, -0.05) is 30.3 Å². The molecule has 0 atom stereocenters. The van der Waals surface area contributed by atoms with E-state index in [0.29, 0.717) is 13.1 Å². The molecule has 1 heterocycles. The Kier molecular flexibility index (Phi) is 6.11. The van der Waals surface area contributed by atoms with Crippen LogP contribution in [0.4, 0.5) is 0 Å². The van der Waals surface area contributed by atoms with Crippen molar-refractivity contribution >= 4 is 11.8 Å². The summed E-state index contributed by atoms with van der Waals surface area (Å²) in [7, 11) is 0. The first-order valence-electron chi connectivity index (χ1n) is 7.24. The summed E-state index contributed by atoms with van der Waals surface area (Å²) < 4.78 is 0. The molecule has 0 saturated heterocycles. The van der Waals surface area contributed by atoms with Crippen LogP contribution in [-0.4, -0.2) is 23.3 Å². The van der Waals surface area contributed by atoms with Crippen LogP contribution in [0.15, 0.2) is 54.9 Å². The molecular weight excluding hydrogens is 278 g/mol. The number of hydrogen-bond acceptors (Lipinski definition) is 3. The average molecular weight is 297 g/mol. The topological polar surface area (TPSA) is 71.1 Å². The number of nitrogens with one attached hydrogen (secondary N) is 2. The van der Waals surface area contributed by atoms with E-state index in [1.54, 1.807) is 24.5 Å². The SMILES string of the molecule is O=C(NCCCc1ccccc1)C(=O)NCc1ccncc1. The van der Waals surface area contributed by atoms with Crippen LogP contribution in [0.2, 0.25) is 0 Å². The van der Waals surface area contributed by atoms with Crippen LogP contribution >= 0.6 is 0 Å². The molecule has 0 aliphatic rings. The molecule has 5 nitrogen and oxygen atoms in total. The number of aryl methyl sites for hydroxylation is 1. The number of pyridine rings is 1. The standard InChI is InChI=1S/C17H19N3O2/c21-16(17(22)20-13-15-8-11-18-12-9-15)19-10-4-7-14-5-2-1-3-6-14/h1-3,5-6,8-9,11-12H,4,7,10,13H2,(H,19,21)(H,20,22). The number of benzene rings is 1. The smallest absolute Gasteiger partial charge is 0.309 e. The van der Waals surface area contributed by atoms with Crippen LogP contribution in [0.5, 0.6) is 0 Å². The fourth-order valence-electron chi connectivity index (χ4n) is 1.98. The van der Waals surface area contributed by atoms with Crippen molar-refractivity contribution in [3.8, 4) is 0 Å². The summed E-state index contributed by atoms with van der Waals surface area (Å²) in [5.41, 5.74) is 2.12. The van der Waals surface area contributed by atoms with Crippen LogP contribution in [0.1, 0.15) is 17.5 Å². The molecular formula is C17H19N3O2. The molecule has 0 fully saturated rings. The molecule has 1 aromatic heterocycles. The van der Waals surface area contributed by atoms with Gasteiger partial charge in [-0.25, -0.2) is 0 Å². The third-order valence-corrected chi connectivity index (χ3v) is 3.18. The average Bonchev–Trinajstić information content (AvgIpc) is 2.58. The molecule has 2 amide bonds. The van der Waals surface area contributed by atoms with Crippen molar-refractivity contribution in [2.75, 3.05) is 6.54 Å². The first-order chi connectivity index (χ1) is 10.8. The number of hydrogen-bond donors (Lipinski definition) is 2. The van der Waals surface area contributed by atoms with Crippen molar-refractivity contribution in [3.05, 3.63) is 66.0 Å². The fraction of sp³-hybridized carbons (Fsp3) is 0.235. The molecule has 0 bridgehead atoms. The van der Waals surface area contributed by atoms with E-state index in [4.69, 9.17) is 0 Å². The minimum absolute atomic E-state index is 0.318. The Labute approximate surface area is 129 Å². The Balaban J connectivity index is 1.63. The monoisotopic (exact) mass is 297 g/mol. The Morgan fingerprint density at radius 2 is 1.55 bits per heavy atom. The summed E-state index contributed by atoms with van der Waals surface area (Å²) in [6, 6.07) is 13.6. The maximum atomic E-state index is 11.6. The van der Waals surface area contributed by atoms with Crippen LogP contribution in [-0.2, 0) is 22.6 Å². The quantitative estimate of drug-likeness (QED) is 0.626. The van der Waals surface area contributed by atoms with E-state index < -0.39 is 11.8 Å². The summed E-state index contributed by atoms with van der Waals surface area (Å²) in [4.78, 5) is 27.2. The molecule has 0 radical (unpaired) electrons. The van der Waals surface area contributed by atoms with Crippen LogP contribution in [0, 0.1) is 0 Å². The van der Waals surface area contributed by atoms with E-state index in [9.17, 15) is 9.59 Å². The first kappa shape index (κ1) is 15.7. The Bertz CT molecular complexity index is 600. The van der Waals surface area contributed by atoms with Crippen molar-refractivity contribution in [2.45, 2.75) is 19.4 Å². The van der Waals surface area contributed by atoms with Gasteiger partial charge in [-0.15, -0.1) is 0 Å². The van der Waals surface area contributed by atoms with Crippen molar-refractivity contribution in [1.29, 1.82) is 0 Å². The number of amides is 2. The normalized spacial score (nSPS) is 10.0. The minimum atomic E-state index is -0.614. The summed E-state index contributed by atoms with van der Waals surface area (Å²) in [6.07, 6.45) is 4.96. The van der Waals surface area contributed by atoms with E-state index >= 15 is 0 Å². The van der Waals surface area contributed by atoms with Crippen LogP contribution in [0.25, 0.3) is 0 Å². The molecule has 0 saturated carbocycles. The lowest BCUT2D eigenvalue weighted by molar-refractivity contribution is -0.139. The van der Waals surface area contributed by atoms with Gasteiger partial charge < -0.3 is 10.6 Å². The molecule has 114 valence electrons. The van der Waals surface area contributed by atoms with Crippen LogP contribution < -0.4 is 10.6 Å². The highest BCUT2D eigenvalue weighted by atomic mass is 16.2. The second-order valence-corrected chi connectivity index (χ2v) is 4.88. The van der Waals surface area contributed by atoms with Gasteiger partial charge in [-0.05, 0) is 36.1 Å². The number of nitrogens with zero attached hydrogens (tertiary/aromatic N) is 1. The van der Waals surface area contributed by atoms with Crippen molar-refractivity contribution in [3.63, 3.8) is 0 Å². The Morgan fingerprint density at radius 1 is 0.864 bits per heavy atom. The predicted octanol–water partition coefficient (Wildman–Crippen LogP) is 1.45. The van der Waals surface area contributed by atoms with Gasteiger partial charge in [-0.2, -0.15) is 0 Å². The van der Waals surface area contributed by atoms with Gasteiger partial charge in [0.15, 0.2) is 0 Å². The molecule has 5 heteroatoms. The Morgan fingerprint density at radius 3 is 2.27 bits per heavy atom. The van der Waals surface area contributed by atoms with Gasteiger partial charge in [0.2, 0.25) is 0 Å². The summed E-state index contributed by atoms with van der Waals surface area (Å²) in [5, 5.41) is 5.20. The second kappa shape index (κ2) is 8.56. The zero-order chi connectivity index (χ0) is 15.6. The van der Waals surface area contributed by atoms with Gasteiger partial charge in [0, 0.05) is 25.5 Å². The molecule has 0 spiro atoms. The summed E-state index contributed by atoms with van der Waals surface area (Å²) in [5.74, 6) is -1.21. The Hall–Kier alpha value is -2.69. The predicted molar refractivity (Wildman–Crippen MR) is 83.9 cm³/mol. The van der Waals surface area contributed by atoms with E-state index in [-0.39, 0.29) is 0 Å². The third kappa shape index (κ3) is 5.36. The van der Waals surface area contributed by atoms with Gasteiger partial charge >= 0.3 is 11.8 Å². The number of carbonyl (C=O) groups is 2. The molecule has 0 unspecified atom stereocenters. The zero-order valence-corrected chi connectivity index (χ0v) is 12.3. The maximum absolute atomic E-state index is 11.6. The highest BCUT2D eigenvalue weighted by molar-refractivity contribution is 6.35. The second-order valence-electron chi connectivity index (χ2n) is 4.88. The molecule has 0 aliphatic carbocycles. The third-order valence-electron chi connectivity index (χ3n) is 3.18.